The van der Waals surface area contributed by atoms with Gasteiger partial charge >= 0.3 is 5.97 Å². The number of carbonyl (C=O) groups is 1. The van der Waals surface area contributed by atoms with Crippen molar-refractivity contribution in [3.63, 3.8) is 0 Å². The molecule has 0 saturated carbocycles. The monoisotopic (exact) mass is 847 g/mol. The summed E-state index contributed by atoms with van der Waals surface area (Å²) in [5.41, 5.74) is 0. The summed E-state index contributed by atoms with van der Waals surface area (Å²) in [5.74, 6) is 0.603. The minimum absolute atomic E-state index is 0.137. The highest BCUT2D eigenvalue weighted by Gasteiger charge is 2.03. The van der Waals surface area contributed by atoms with Gasteiger partial charge < -0.3 is 61.6 Å². The van der Waals surface area contributed by atoms with Crippen LogP contribution in [0.1, 0.15) is 96.8 Å². The Morgan fingerprint density at radius 1 is 0.298 bits per heavy atom. The van der Waals surface area contributed by atoms with Gasteiger partial charge in [-0.3, -0.25) is 4.79 Å². The summed E-state index contributed by atoms with van der Waals surface area (Å²) in [6.07, 6.45) is 16.1. The minimum Gasteiger partial charge on any atom is -0.463 e. The summed E-state index contributed by atoms with van der Waals surface area (Å²) in [5, 5.41) is 0. The Labute approximate surface area is 351 Å². The summed E-state index contributed by atoms with van der Waals surface area (Å²) in [6, 6.07) is 0. The van der Waals surface area contributed by atoms with E-state index >= 15 is 0 Å². The molecule has 0 aromatic heterocycles. The highest BCUT2D eigenvalue weighted by molar-refractivity contribution is 6.17. The number of ether oxygens (including phenoxy) is 13. The van der Waals surface area contributed by atoms with Gasteiger partial charge in [0.15, 0.2) is 0 Å². The largest absolute Gasteiger partial charge is 0.463 e. The topological polar surface area (TPSA) is 137 Å². The Balaban J connectivity index is 3.10. The van der Waals surface area contributed by atoms with Gasteiger partial charge in [-0.2, -0.15) is 0 Å². The van der Waals surface area contributed by atoms with E-state index in [1.54, 1.807) is 0 Å². The molecule has 0 bridgehead atoms. The van der Waals surface area contributed by atoms with E-state index in [9.17, 15) is 4.79 Å². The molecule has 0 N–H and O–H groups in total. The lowest BCUT2D eigenvalue weighted by molar-refractivity contribution is -0.145. The SMILES string of the molecule is CCCCCCCCCCCC(=O)OCCOCCOCCOCCOCCOCCOCCOCCOCCOCCOCCOCCOCCCCCCCl. The number of hydrogen-bond donors (Lipinski definition) is 0. The van der Waals surface area contributed by atoms with Gasteiger partial charge in [0.2, 0.25) is 0 Å². The van der Waals surface area contributed by atoms with Crippen LogP contribution in [-0.4, -0.2) is 177 Å². The molecule has 0 radical (unpaired) electrons. The van der Waals surface area contributed by atoms with Crippen molar-refractivity contribution in [1.29, 1.82) is 0 Å². The molecule has 0 aliphatic carbocycles. The molecular weight excluding hydrogens is 764 g/mol. The van der Waals surface area contributed by atoms with Crippen molar-refractivity contribution in [2.45, 2.75) is 96.8 Å². The van der Waals surface area contributed by atoms with E-state index in [0.717, 1.165) is 44.6 Å². The molecule has 342 valence electrons. The zero-order valence-electron chi connectivity index (χ0n) is 35.9. The van der Waals surface area contributed by atoms with Gasteiger partial charge in [0.25, 0.3) is 0 Å². The predicted molar refractivity (Wildman–Crippen MR) is 222 cm³/mol. The van der Waals surface area contributed by atoms with E-state index in [4.69, 9.17) is 73.2 Å². The van der Waals surface area contributed by atoms with Crippen molar-refractivity contribution < 1.29 is 66.4 Å². The number of halogens is 1. The lowest BCUT2D eigenvalue weighted by atomic mass is 10.1. The number of hydrogen-bond acceptors (Lipinski definition) is 14. The molecular formula is C42H83ClO14. The Kier molecular flexibility index (Phi) is 52.6. The first-order valence-electron chi connectivity index (χ1n) is 22.0. The zero-order valence-corrected chi connectivity index (χ0v) is 36.6. The van der Waals surface area contributed by atoms with Crippen molar-refractivity contribution in [1.82, 2.24) is 0 Å². The van der Waals surface area contributed by atoms with Crippen LogP contribution in [0.2, 0.25) is 0 Å². The number of unbranched alkanes of at least 4 members (excludes halogenated alkanes) is 11. The van der Waals surface area contributed by atoms with E-state index in [-0.39, 0.29) is 12.6 Å². The van der Waals surface area contributed by atoms with Crippen LogP contribution in [-0.2, 0) is 66.4 Å². The van der Waals surface area contributed by atoms with E-state index in [1.165, 1.54) is 51.4 Å². The van der Waals surface area contributed by atoms with Gasteiger partial charge in [0.05, 0.1) is 152 Å². The molecule has 0 amide bonds. The number of rotatable bonds is 52. The lowest BCUT2D eigenvalue weighted by Gasteiger charge is -2.09. The fourth-order valence-electron chi connectivity index (χ4n) is 5.04. The summed E-state index contributed by atoms with van der Waals surface area (Å²) in [7, 11) is 0. The van der Waals surface area contributed by atoms with Gasteiger partial charge in [-0.15, -0.1) is 11.6 Å². The number of carbonyl (C=O) groups excluding carboxylic acids is 1. The van der Waals surface area contributed by atoms with Gasteiger partial charge in [-0.25, -0.2) is 0 Å². The Morgan fingerprint density at radius 3 is 0.860 bits per heavy atom. The van der Waals surface area contributed by atoms with Gasteiger partial charge in [-0.05, 0) is 19.3 Å². The first kappa shape index (κ1) is 56.3. The molecule has 0 saturated heterocycles. The molecule has 0 unspecified atom stereocenters. The molecule has 0 spiro atoms. The average Bonchev–Trinajstić information content (AvgIpc) is 3.22. The van der Waals surface area contributed by atoms with E-state index < -0.39 is 0 Å². The molecule has 15 heteroatoms. The lowest BCUT2D eigenvalue weighted by Crippen LogP contribution is -2.15. The molecule has 57 heavy (non-hydrogen) atoms. The third-order valence-electron chi connectivity index (χ3n) is 8.24. The van der Waals surface area contributed by atoms with Crippen LogP contribution < -0.4 is 0 Å². The van der Waals surface area contributed by atoms with Crippen LogP contribution in [0.4, 0.5) is 0 Å². The van der Waals surface area contributed by atoms with Crippen LogP contribution in [0.15, 0.2) is 0 Å². The van der Waals surface area contributed by atoms with Gasteiger partial charge in [-0.1, -0.05) is 71.1 Å². The quantitative estimate of drug-likeness (QED) is 0.0377. The van der Waals surface area contributed by atoms with E-state index in [1.807, 2.05) is 0 Å². The fourth-order valence-corrected chi connectivity index (χ4v) is 5.23. The van der Waals surface area contributed by atoms with Crippen LogP contribution >= 0.6 is 11.6 Å². The highest BCUT2D eigenvalue weighted by Crippen LogP contribution is 2.10. The second-order valence-electron chi connectivity index (χ2n) is 13.3. The van der Waals surface area contributed by atoms with Crippen molar-refractivity contribution in [3.8, 4) is 0 Å². The predicted octanol–water partition coefficient (Wildman–Crippen LogP) is 6.45. The smallest absolute Gasteiger partial charge is 0.305 e. The van der Waals surface area contributed by atoms with Crippen LogP contribution in [0.5, 0.6) is 0 Å². The molecule has 0 aromatic carbocycles. The van der Waals surface area contributed by atoms with Crippen molar-refractivity contribution in [2.24, 2.45) is 0 Å². The molecule has 0 heterocycles. The molecule has 0 aliphatic heterocycles. The molecule has 0 atom stereocenters. The third-order valence-corrected chi connectivity index (χ3v) is 8.51. The van der Waals surface area contributed by atoms with Crippen molar-refractivity contribution in [2.75, 3.05) is 171 Å². The first-order chi connectivity index (χ1) is 28.3. The fraction of sp³-hybridized carbons (Fsp3) is 0.976. The highest BCUT2D eigenvalue weighted by atomic mass is 35.5. The second-order valence-corrected chi connectivity index (χ2v) is 13.6. The maximum atomic E-state index is 11.8. The number of alkyl halides is 1. The summed E-state index contributed by atoms with van der Waals surface area (Å²) in [4.78, 5) is 11.8. The normalized spacial score (nSPS) is 11.5. The summed E-state index contributed by atoms with van der Waals surface area (Å²) >= 11 is 5.66. The molecule has 14 nitrogen and oxygen atoms in total. The maximum absolute atomic E-state index is 11.8. The van der Waals surface area contributed by atoms with Crippen LogP contribution in [0, 0.1) is 0 Å². The second kappa shape index (κ2) is 53.3. The van der Waals surface area contributed by atoms with Crippen LogP contribution in [0.25, 0.3) is 0 Å². The van der Waals surface area contributed by atoms with Gasteiger partial charge in [0, 0.05) is 18.9 Å². The van der Waals surface area contributed by atoms with Crippen molar-refractivity contribution in [3.05, 3.63) is 0 Å². The average molecular weight is 848 g/mol. The molecule has 0 aliphatic rings. The Bertz CT molecular complexity index is 743. The third kappa shape index (κ3) is 53.3. The van der Waals surface area contributed by atoms with Gasteiger partial charge in [0.1, 0.15) is 6.61 Å². The molecule has 0 fully saturated rings. The standard InChI is InChI=1S/C42H83ClO14/c1-2-3-4-5-6-7-8-9-12-15-42(44)57-41-40-56-39-38-55-37-36-54-35-34-53-33-32-52-31-30-51-29-28-50-27-26-49-25-24-48-23-22-47-21-20-46-19-18-45-17-14-11-10-13-16-43/h2-41H2,1H3. The zero-order chi connectivity index (χ0) is 41.1. The Hall–Kier alpha value is -0.720. The summed E-state index contributed by atoms with van der Waals surface area (Å²) < 4.78 is 71.2. The molecule has 0 rings (SSSR count). The first-order valence-corrected chi connectivity index (χ1v) is 22.5. The minimum atomic E-state index is -0.137. The van der Waals surface area contributed by atoms with E-state index in [0.29, 0.717) is 158 Å². The van der Waals surface area contributed by atoms with Crippen LogP contribution in [0.3, 0.4) is 0 Å². The maximum Gasteiger partial charge on any atom is 0.305 e. The van der Waals surface area contributed by atoms with E-state index in [2.05, 4.69) is 6.92 Å². The summed E-state index contributed by atoms with van der Waals surface area (Å²) in [6.45, 7) is 14.9. The van der Waals surface area contributed by atoms with Crippen molar-refractivity contribution >= 4 is 17.6 Å². The Morgan fingerprint density at radius 2 is 0.544 bits per heavy atom. The molecule has 0 aromatic rings. The number of esters is 1.